The smallest absolute Gasteiger partial charge is 0.306 e. The van der Waals surface area contributed by atoms with Crippen molar-refractivity contribution in [2.45, 2.75) is 12.5 Å². The average Bonchev–Trinajstić information content (AvgIpc) is 3.46. The Labute approximate surface area is 179 Å². The molecule has 7 heteroatoms. The summed E-state index contributed by atoms with van der Waals surface area (Å²) in [5.74, 6) is 6.84. The first-order chi connectivity index (χ1) is 15.3. The largest absolute Gasteiger partial charge is 0.346 e. The molecule has 0 saturated carbocycles. The van der Waals surface area contributed by atoms with Gasteiger partial charge in [0.1, 0.15) is 5.69 Å². The van der Waals surface area contributed by atoms with E-state index in [1.807, 2.05) is 71.3 Å². The summed E-state index contributed by atoms with van der Waals surface area (Å²) in [5.41, 5.74) is 3.23. The monoisotopic (exact) mass is 409 g/mol. The molecule has 3 heterocycles. The third-order valence-electron chi connectivity index (χ3n) is 5.03. The maximum atomic E-state index is 12.8. The SMILES string of the molecule is O=C(Nc1cccc(C#Cc2cnc3ncccn23)c1)N1OCC[C@@H]1c1ccccc1. The average molecular weight is 409 g/mol. The van der Waals surface area contributed by atoms with Gasteiger partial charge in [-0.1, -0.05) is 42.3 Å². The summed E-state index contributed by atoms with van der Waals surface area (Å²) in [4.78, 5) is 26.9. The molecular weight excluding hydrogens is 390 g/mol. The van der Waals surface area contributed by atoms with E-state index in [-0.39, 0.29) is 12.1 Å². The number of imidazole rings is 1. The molecule has 0 bridgehead atoms. The maximum Gasteiger partial charge on any atom is 0.346 e. The van der Waals surface area contributed by atoms with E-state index in [0.29, 0.717) is 18.1 Å². The van der Waals surface area contributed by atoms with Crippen LogP contribution in [0.4, 0.5) is 10.5 Å². The molecule has 2 aromatic carbocycles. The lowest BCUT2D eigenvalue weighted by molar-refractivity contribution is -0.0829. The van der Waals surface area contributed by atoms with E-state index >= 15 is 0 Å². The number of nitrogens with zero attached hydrogens (tertiary/aromatic N) is 4. The zero-order chi connectivity index (χ0) is 21.0. The van der Waals surface area contributed by atoms with Crippen molar-refractivity contribution in [3.8, 4) is 11.8 Å². The van der Waals surface area contributed by atoms with E-state index < -0.39 is 0 Å². The Morgan fingerprint density at radius 3 is 2.87 bits per heavy atom. The molecule has 1 saturated heterocycles. The zero-order valence-electron chi connectivity index (χ0n) is 16.6. The number of aromatic nitrogens is 3. The van der Waals surface area contributed by atoms with Gasteiger partial charge < -0.3 is 5.32 Å². The number of hydroxylamine groups is 2. The minimum Gasteiger partial charge on any atom is -0.306 e. The molecular formula is C24H19N5O2. The van der Waals surface area contributed by atoms with E-state index in [9.17, 15) is 4.79 Å². The summed E-state index contributed by atoms with van der Waals surface area (Å²) < 4.78 is 1.83. The van der Waals surface area contributed by atoms with Crippen LogP contribution in [-0.2, 0) is 4.84 Å². The molecule has 5 rings (SSSR count). The van der Waals surface area contributed by atoms with Crippen LogP contribution in [0.3, 0.4) is 0 Å². The highest BCUT2D eigenvalue weighted by Crippen LogP contribution is 2.30. The lowest BCUT2D eigenvalue weighted by Gasteiger charge is -2.23. The fraction of sp³-hybridized carbons (Fsp3) is 0.125. The van der Waals surface area contributed by atoms with Gasteiger partial charge in [-0.3, -0.25) is 9.24 Å². The molecule has 7 nitrogen and oxygen atoms in total. The highest BCUT2D eigenvalue weighted by atomic mass is 16.7. The predicted octanol–water partition coefficient (Wildman–Crippen LogP) is 4.04. The highest BCUT2D eigenvalue weighted by Gasteiger charge is 2.31. The number of hydrogen-bond donors (Lipinski definition) is 1. The second-order valence-corrected chi connectivity index (χ2v) is 7.07. The lowest BCUT2D eigenvalue weighted by Crippen LogP contribution is -2.33. The normalized spacial score (nSPS) is 15.5. The summed E-state index contributed by atoms with van der Waals surface area (Å²) in [7, 11) is 0. The first-order valence-corrected chi connectivity index (χ1v) is 9.96. The number of fused-ring (bicyclic) bond motifs is 1. The summed E-state index contributed by atoms with van der Waals surface area (Å²) in [5, 5.41) is 4.33. The second kappa shape index (κ2) is 8.30. The van der Waals surface area contributed by atoms with Crippen LogP contribution in [0.15, 0.2) is 79.3 Å². The molecule has 1 aliphatic heterocycles. The van der Waals surface area contributed by atoms with Crippen molar-refractivity contribution in [3.05, 3.63) is 96.1 Å². The van der Waals surface area contributed by atoms with Crippen LogP contribution in [0.2, 0.25) is 0 Å². The molecule has 0 unspecified atom stereocenters. The molecule has 1 N–H and O–H groups in total. The van der Waals surface area contributed by atoms with Gasteiger partial charge in [-0.05, 0) is 35.7 Å². The van der Waals surface area contributed by atoms with Crippen LogP contribution >= 0.6 is 0 Å². The van der Waals surface area contributed by atoms with Crippen molar-refractivity contribution in [3.63, 3.8) is 0 Å². The number of urea groups is 1. The fourth-order valence-corrected chi connectivity index (χ4v) is 3.56. The van der Waals surface area contributed by atoms with Crippen molar-refractivity contribution in [1.82, 2.24) is 19.4 Å². The van der Waals surface area contributed by atoms with E-state index in [2.05, 4.69) is 27.1 Å². The van der Waals surface area contributed by atoms with Gasteiger partial charge in [-0.2, -0.15) is 5.06 Å². The van der Waals surface area contributed by atoms with Gasteiger partial charge in [-0.25, -0.2) is 14.8 Å². The molecule has 2 aromatic heterocycles. The minimum atomic E-state index is -0.302. The van der Waals surface area contributed by atoms with Crippen molar-refractivity contribution in [2.24, 2.45) is 0 Å². The van der Waals surface area contributed by atoms with E-state index in [1.165, 1.54) is 5.06 Å². The van der Waals surface area contributed by atoms with Gasteiger partial charge in [0, 0.05) is 30.1 Å². The first-order valence-electron chi connectivity index (χ1n) is 9.96. The maximum absolute atomic E-state index is 12.8. The van der Waals surface area contributed by atoms with Gasteiger partial charge in [-0.15, -0.1) is 0 Å². The second-order valence-electron chi connectivity index (χ2n) is 7.07. The quantitative estimate of drug-likeness (QED) is 0.507. The number of amides is 2. The minimum absolute atomic E-state index is 0.104. The Morgan fingerprint density at radius 2 is 1.97 bits per heavy atom. The van der Waals surface area contributed by atoms with Crippen LogP contribution < -0.4 is 5.32 Å². The van der Waals surface area contributed by atoms with E-state index in [0.717, 1.165) is 23.2 Å². The van der Waals surface area contributed by atoms with Gasteiger partial charge >= 0.3 is 6.03 Å². The molecule has 1 fully saturated rings. The standard InChI is InChI=1S/C24H19N5O2/c30-24(29-22(12-15-31-29)19-7-2-1-3-8-19)27-20-9-4-6-18(16-20)10-11-21-17-26-23-25-13-5-14-28(21)23/h1-9,13-14,16-17,22H,12,15H2,(H,27,30)/t22-/m1/s1. The first kappa shape index (κ1) is 18.9. The fourth-order valence-electron chi connectivity index (χ4n) is 3.56. The Kier molecular flexibility index (Phi) is 5.05. The molecule has 2 amide bonds. The molecule has 152 valence electrons. The Morgan fingerprint density at radius 1 is 1.06 bits per heavy atom. The van der Waals surface area contributed by atoms with Crippen LogP contribution in [0.25, 0.3) is 5.78 Å². The topological polar surface area (TPSA) is 71.8 Å². The molecule has 31 heavy (non-hydrogen) atoms. The number of hydrogen-bond acceptors (Lipinski definition) is 4. The Hall–Kier alpha value is -4.15. The summed E-state index contributed by atoms with van der Waals surface area (Å²) >= 11 is 0. The number of carbonyl (C=O) groups is 1. The molecule has 0 radical (unpaired) electrons. The molecule has 4 aromatic rings. The molecule has 0 spiro atoms. The summed E-state index contributed by atoms with van der Waals surface area (Å²) in [6.45, 7) is 0.507. The van der Waals surface area contributed by atoms with E-state index in [1.54, 1.807) is 12.4 Å². The lowest BCUT2D eigenvalue weighted by atomic mass is 10.1. The Balaban J connectivity index is 1.32. The number of nitrogens with one attached hydrogen (secondary N) is 1. The van der Waals surface area contributed by atoms with Gasteiger partial charge in [0.2, 0.25) is 5.78 Å². The highest BCUT2D eigenvalue weighted by molar-refractivity contribution is 5.89. The molecule has 1 atom stereocenters. The predicted molar refractivity (Wildman–Crippen MR) is 116 cm³/mol. The van der Waals surface area contributed by atoms with Crippen LogP contribution in [-0.4, -0.2) is 32.1 Å². The third kappa shape index (κ3) is 3.97. The van der Waals surface area contributed by atoms with Crippen LogP contribution in [0, 0.1) is 11.8 Å². The van der Waals surface area contributed by atoms with Gasteiger partial charge in [0.15, 0.2) is 0 Å². The third-order valence-corrected chi connectivity index (χ3v) is 5.03. The van der Waals surface area contributed by atoms with Gasteiger partial charge in [0.25, 0.3) is 0 Å². The number of carbonyl (C=O) groups excluding carboxylic acids is 1. The van der Waals surface area contributed by atoms with Crippen molar-refractivity contribution < 1.29 is 9.63 Å². The molecule has 0 aliphatic carbocycles. The van der Waals surface area contributed by atoms with Crippen molar-refractivity contribution in [2.75, 3.05) is 11.9 Å². The van der Waals surface area contributed by atoms with Crippen LogP contribution in [0.1, 0.15) is 29.3 Å². The molecule has 1 aliphatic rings. The number of rotatable bonds is 2. The number of anilines is 1. The van der Waals surface area contributed by atoms with Gasteiger partial charge in [0.05, 0.1) is 18.8 Å². The van der Waals surface area contributed by atoms with Crippen molar-refractivity contribution >= 4 is 17.5 Å². The van der Waals surface area contributed by atoms with Crippen molar-refractivity contribution in [1.29, 1.82) is 0 Å². The Bertz CT molecular complexity index is 1290. The number of benzene rings is 2. The van der Waals surface area contributed by atoms with Crippen LogP contribution in [0.5, 0.6) is 0 Å². The summed E-state index contributed by atoms with van der Waals surface area (Å²) in [6.07, 6.45) is 6.01. The summed E-state index contributed by atoms with van der Waals surface area (Å²) in [6, 6.07) is 18.7. The van der Waals surface area contributed by atoms with E-state index in [4.69, 9.17) is 4.84 Å². The zero-order valence-corrected chi connectivity index (χ0v) is 16.6.